The molecule has 0 aliphatic rings. The molecule has 2 heterocycles. The molecule has 4 rings (SSSR count). The van der Waals surface area contributed by atoms with Gasteiger partial charge in [-0.25, -0.2) is 4.98 Å². The largest absolute Gasteiger partial charge is 0.265 e. The van der Waals surface area contributed by atoms with Crippen molar-refractivity contribution in [2.75, 3.05) is 0 Å². The van der Waals surface area contributed by atoms with Gasteiger partial charge in [0.2, 0.25) is 0 Å². The normalized spacial score (nSPS) is 10.9. The Labute approximate surface area is 153 Å². The van der Waals surface area contributed by atoms with Gasteiger partial charge in [-0.2, -0.15) is 0 Å². The summed E-state index contributed by atoms with van der Waals surface area (Å²) in [7, 11) is 0. The number of pyridine rings is 2. The van der Waals surface area contributed by atoms with Gasteiger partial charge in [0.25, 0.3) is 0 Å². The number of rotatable bonds is 2. The van der Waals surface area contributed by atoms with Gasteiger partial charge < -0.3 is 0 Å². The van der Waals surface area contributed by atoms with Gasteiger partial charge in [0.1, 0.15) is 0 Å². The van der Waals surface area contributed by atoms with Crippen molar-refractivity contribution in [2.24, 2.45) is 0 Å². The summed E-state index contributed by atoms with van der Waals surface area (Å²) < 4.78 is 1.02. The second-order valence-corrected chi connectivity index (χ2v) is 6.76. The molecule has 4 heteroatoms. The molecule has 0 bridgehead atoms. The van der Waals surface area contributed by atoms with Gasteiger partial charge >= 0.3 is 0 Å². The van der Waals surface area contributed by atoms with Gasteiger partial charge in [-0.15, -0.1) is 0 Å². The second-order valence-electron chi connectivity index (χ2n) is 5.43. The molecule has 0 atom stereocenters. The number of halogens is 2. The van der Waals surface area contributed by atoms with E-state index < -0.39 is 0 Å². The molecule has 0 aliphatic heterocycles. The van der Waals surface area contributed by atoms with E-state index >= 15 is 0 Å². The van der Waals surface area contributed by atoms with Crippen LogP contribution in [0.15, 0.2) is 77.5 Å². The quantitative estimate of drug-likeness (QED) is 0.393. The van der Waals surface area contributed by atoms with Crippen molar-refractivity contribution in [3.8, 4) is 22.4 Å². The summed E-state index contributed by atoms with van der Waals surface area (Å²) in [6.45, 7) is 0. The number of hydrogen-bond acceptors (Lipinski definition) is 2. The topological polar surface area (TPSA) is 25.8 Å². The maximum absolute atomic E-state index is 6.46. The van der Waals surface area contributed by atoms with Crippen LogP contribution in [0.1, 0.15) is 0 Å². The molecule has 0 aliphatic carbocycles. The summed E-state index contributed by atoms with van der Waals surface area (Å²) in [5.41, 5.74) is 4.94. The Morgan fingerprint density at radius 3 is 2.42 bits per heavy atom. The van der Waals surface area contributed by atoms with Gasteiger partial charge in [-0.1, -0.05) is 45.7 Å². The van der Waals surface area contributed by atoms with Gasteiger partial charge in [0.05, 0.1) is 11.2 Å². The molecule has 2 nitrogen and oxygen atoms in total. The second kappa shape index (κ2) is 6.34. The van der Waals surface area contributed by atoms with E-state index in [9.17, 15) is 0 Å². The Kier molecular flexibility index (Phi) is 4.05. The van der Waals surface area contributed by atoms with Crippen LogP contribution in [0.3, 0.4) is 0 Å². The van der Waals surface area contributed by atoms with Crippen LogP contribution < -0.4 is 0 Å². The standard InChI is InChI=1S/C20H12BrClN2/c21-14-5-6-19-17(11-14)16(15-3-1-2-4-18(15)22)12-20(24-19)13-7-9-23-10-8-13/h1-12H. The Balaban J connectivity index is 2.06. The number of hydrogen-bond donors (Lipinski definition) is 0. The average Bonchev–Trinajstić information content (AvgIpc) is 2.62. The van der Waals surface area contributed by atoms with Crippen LogP contribution in [0.25, 0.3) is 33.3 Å². The monoisotopic (exact) mass is 394 g/mol. The van der Waals surface area contributed by atoms with E-state index in [1.807, 2.05) is 48.5 Å². The third-order valence-corrected chi connectivity index (χ3v) is 4.73. The molecule has 0 spiro atoms. The zero-order valence-electron chi connectivity index (χ0n) is 12.6. The summed E-state index contributed by atoms with van der Waals surface area (Å²) in [5.74, 6) is 0. The maximum Gasteiger partial charge on any atom is 0.0717 e. The molecule has 0 amide bonds. The van der Waals surface area contributed by atoms with E-state index in [-0.39, 0.29) is 0 Å². The van der Waals surface area contributed by atoms with E-state index in [4.69, 9.17) is 16.6 Å². The minimum Gasteiger partial charge on any atom is -0.265 e. The number of fused-ring (bicyclic) bond motifs is 1. The average molecular weight is 396 g/mol. The third-order valence-electron chi connectivity index (χ3n) is 3.91. The molecule has 0 saturated carbocycles. The van der Waals surface area contributed by atoms with Crippen molar-refractivity contribution in [2.45, 2.75) is 0 Å². The molecule has 0 unspecified atom stereocenters. The van der Waals surface area contributed by atoms with Crippen LogP contribution in [-0.4, -0.2) is 9.97 Å². The molecule has 116 valence electrons. The SMILES string of the molecule is Clc1ccccc1-c1cc(-c2ccncc2)nc2ccc(Br)cc12. The van der Waals surface area contributed by atoms with Crippen molar-refractivity contribution >= 4 is 38.4 Å². The fraction of sp³-hybridized carbons (Fsp3) is 0. The predicted molar refractivity (Wildman–Crippen MR) is 103 cm³/mol. The zero-order valence-corrected chi connectivity index (χ0v) is 14.9. The Hall–Kier alpha value is -2.23. The number of nitrogens with zero attached hydrogens (tertiary/aromatic N) is 2. The molecule has 0 saturated heterocycles. The van der Waals surface area contributed by atoms with Crippen molar-refractivity contribution < 1.29 is 0 Å². The van der Waals surface area contributed by atoms with Crippen molar-refractivity contribution in [3.05, 3.63) is 82.6 Å². The van der Waals surface area contributed by atoms with Gasteiger partial charge in [-0.05, 0) is 48.0 Å². The summed E-state index contributed by atoms with van der Waals surface area (Å²) >= 11 is 10.0. The summed E-state index contributed by atoms with van der Waals surface area (Å²) in [6.07, 6.45) is 3.55. The molecule has 24 heavy (non-hydrogen) atoms. The summed E-state index contributed by atoms with van der Waals surface area (Å²) in [5, 5.41) is 1.79. The van der Waals surface area contributed by atoms with E-state index in [0.717, 1.165) is 42.8 Å². The minimum atomic E-state index is 0.727. The molecule has 4 aromatic rings. The Morgan fingerprint density at radius 2 is 1.62 bits per heavy atom. The van der Waals surface area contributed by atoms with Crippen molar-refractivity contribution in [1.29, 1.82) is 0 Å². The van der Waals surface area contributed by atoms with Gasteiger partial charge in [0.15, 0.2) is 0 Å². The fourth-order valence-corrected chi connectivity index (χ4v) is 3.37. The predicted octanol–water partition coefficient (Wildman–Crippen LogP) is 6.38. The zero-order chi connectivity index (χ0) is 16.5. The lowest BCUT2D eigenvalue weighted by molar-refractivity contribution is 1.31. The first-order chi connectivity index (χ1) is 11.7. The highest BCUT2D eigenvalue weighted by Crippen LogP contribution is 2.36. The Bertz CT molecular complexity index is 1030. The summed E-state index contributed by atoms with van der Waals surface area (Å²) in [6, 6.07) is 20.0. The minimum absolute atomic E-state index is 0.727. The van der Waals surface area contributed by atoms with Crippen molar-refractivity contribution in [3.63, 3.8) is 0 Å². The smallest absolute Gasteiger partial charge is 0.0717 e. The lowest BCUT2D eigenvalue weighted by Crippen LogP contribution is -1.91. The molecule has 0 radical (unpaired) electrons. The van der Waals surface area contributed by atoms with Crippen LogP contribution in [0, 0.1) is 0 Å². The van der Waals surface area contributed by atoms with Gasteiger partial charge in [0, 0.05) is 38.4 Å². The van der Waals surface area contributed by atoms with Crippen LogP contribution in [-0.2, 0) is 0 Å². The van der Waals surface area contributed by atoms with Crippen molar-refractivity contribution in [1.82, 2.24) is 9.97 Å². The van der Waals surface area contributed by atoms with E-state index in [0.29, 0.717) is 0 Å². The van der Waals surface area contributed by atoms with E-state index in [2.05, 4.69) is 33.0 Å². The first-order valence-electron chi connectivity index (χ1n) is 7.48. The van der Waals surface area contributed by atoms with Crippen LogP contribution in [0.2, 0.25) is 5.02 Å². The molecule has 0 fully saturated rings. The third kappa shape index (κ3) is 2.81. The lowest BCUT2D eigenvalue weighted by atomic mass is 9.98. The van der Waals surface area contributed by atoms with E-state index in [1.54, 1.807) is 12.4 Å². The first kappa shape index (κ1) is 15.3. The Morgan fingerprint density at radius 1 is 0.833 bits per heavy atom. The van der Waals surface area contributed by atoms with Crippen LogP contribution in [0.4, 0.5) is 0 Å². The summed E-state index contributed by atoms with van der Waals surface area (Å²) in [4.78, 5) is 8.90. The van der Waals surface area contributed by atoms with Gasteiger partial charge in [-0.3, -0.25) is 4.98 Å². The van der Waals surface area contributed by atoms with E-state index in [1.165, 1.54) is 0 Å². The number of benzene rings is 2. The van der Waals surface area contributed by atoms with Crippen LogP contribution >= 0.6 is 27.5 Å². The highest BCUT2D eigenvalue weighted by atomic mass is 79.9. The highest BCUT2D eigenvalue weighted by Gasteiger charge is 2.12. The highest BCUT2D eigenvalue weighted by molar-refractivity contribution is 9.10. The molecular weight excluding hydrogens is 384 g/mol. The van der Waals surface area contributed by atoms with Crippen LogP contribution in [0.5, 0.6) is 0 Å². The number of aromatic nitrogens is 2. The molecular formula is C20H12BrClN2. The maximum atomic E-state index is 6.46. The fourth-order valence-electron chi connectivity index (χ4n) is 2.77. The first-order valence-corrected chi connectivity index (χ1v) is 8.65. The molecule has 2 aromatic carbocycles. The molecule has 0 N–H and O–H groups in total. The molecule has 2 aromatic heterocycles. The lowest BCUT2D eigenvalue weighted by Gasteiger charge is -2.12.